The van der Waals surface area contributed by atoms with E-state index in [1.807, 2.05) is 4.90 Å². The van der Waals surface area contributed by atoms with Crippen LogP contribution in [0, 0.1) is 0 Å². The largest absolute Gasteiger partial charge is 0.339 e. The van der Waals surface area contributed by atoms with E-state index in [0.29, 0.717) is 5.92 Å². The van der Waals surface area contributed by atoms with Crippen LogP contribution < -0.4 is 0 Å². The molecule has 1 saturated heterocycles. The fraction of sp³-hybridized carbons (Fsp3) is 0.600. The van der Waals surface area contributed by atoms with Crippen molar-refractivity contribution in [3.05, 3.63) is 30.4 Å². The van der Waals surface area contributed by atoms with Crippen molar-refractivity contribution in [2.75, 3.05) is 13.1 Å². The summed E-state index contributed by atoms with van der Waals surface area (Å²) in [6, 6.07) is 0. The summed E-state index contributed by atoms with van der Waals surface area (Å²) < 4.78 is 2.42. The Balaban J connectivity index is 1.70. The van der Waals surface area contributed by atoms with E-state index in [0.717, 1.165) is 32.5 Å². The predicted molar refractivity (Wildman–Crippen MR) is 73.9 cm³/mol. The summed E-state index contributed by atoms with van der Waals surface area (Å²) in [6.45, 7) is 6.34. The van der Waals surface area contributed by atoms with Gasteiger partial charge in [0.2, 0.25) is 5.91 Å². The van der Waals surface area contributed by atoms with Crippen LogP contribution in [0.25, 0.3) is 0 Å². The van der Waals surface area contributed by atoms with Crippen molar-refractivity contribution < 1.29 is 4.79 Å². The Morgan fingerprint density at radius 1 is 1.32 bits per heavy atom. The molecule has 0 aliphatic carbocycles. The fourth-order valence-corrected chi connectivity index (χ4v) is 3.27. The van der Waals surface area contributed by atoms with Crippen molar-refractivity contribution in [2.45, 2.75) is 44.6 Å². The van der Waals surface area contributed by atoms with Gasteiger partial charge >= 0.3 is 0 Å². The lowest BCUT2D eigenvalue weighted by Gasteiger charge is -2.31. The number of rotatable bonds is 2. The summed E-state index contributed by atoms with van der Waals surface area (Å²) in [5, 5.41) is 0. The Morgan fingerprint density at radius 3 is 2.84 bits per heavy atom. The zero-order chi connectivity index (χ0) is 13.2. The zero-order valence-corrected chi connectivity index (χ0v) is 11.3. The highest BCUT2D eigenvalue weighted by atomic mass is 16.2. The third kappa shape index (κ3) is 2.31. The highest BCUT2D eigenvalue weighted by molar-refractivity contribution is 5.87. The number of nitrogens with zero attached hydrogens (tertiary/aromatic N) is 3. The van der Waals surface area contributed by atoms with Gasteiger partial charge in [-0.2, -0.15) is 0 Å². The smallest absolute Gasteiger partial charge is 0.245 e. The van der Waals surface area contributed by atoms with Crippen molar-refractivity contribution in [3.63, 3.8) is 0 Å². The topological polar surface area (TPSA) is 38.1 Å². The van der Waals surface area contributed by atoms with Gasteiger partial charge in [-0.25, -0.2) is 4.98 Å². The number of likely N-dealkylation sites (tertiary alicyclic amines) is 1. The van der Waals surface area contributed by atoms with Crippen molar-refractivity contribution in [1.29, 1.82) is 0 Å². The second-order valence-corrected chi connectivity index (χ2v) is 5.52. The molecule has 1 aromatic rings. The maximum atomic E-state index is 11.6. The molecule has 0 atom stereocenters. The number of hydrogen-bond acceptors (Lipinski definition) is 2. The summed E-state index contributed by atoms with van der Waals surface area (Å²) >= 11 is 0. The molecule has 102 valence electrons. The number of aryl methyl sites for hydroxylation is 1. The van der Waals surface area contributed by atoms with Crippen LogP contribution in [0.2, 0.25) is 0 Å². The van der Waals surface area contributed by atoms with E-state index in [4.69, 9.17) is 0 Å². The Morgan fingerprint density at radius 2 is 2.11 bits per heavy atom. The third-order valence-corrected chi connectivity index (χ3v) is 4.38. The maximum Gasteiger partial charge on any atom is 0.245 e. The molecular weight excluding hydrogens is 238 g/mol. The third-order valence-electron chi connectivity index (χ3n) is 4.38. The zero-order valence-electron chi connectivity index (χ0n) is 11.3. The van der Waals surface area contributed by atoms with Crippen LogP contribution in [0.4, 0.5) is 0 Å². The van der Waals surface area contributed by atoms with Crippen LogP contribution in [-0.4, -0.2) is 33.4 Å². The first-order valence-corrected chi connectivity index (χ1v) is 7.25. The van der Waals surface area contributed by atoms with Gasteiger partial charge in [-0.15, -0.1) is 0 Å². The summed E-state index contributed by atoms with van der Waals surface area (Å²) in [5.74, 6) is 1.82. The standard InChI is InChI=1S/C15H21N3O/c1-2-14(19)17-9-6-12(7-10-17)15-16-11-13-5-3-4-8-18(13)15/h2,11-12H,1,3-10H2. The Bertz CT molecular complexity index is 484. The van der Waals surface area contributed by atoms with Crippen molar-refractivity contribution in [1.82, 2.24) is 14.5 Å². The molecule has 0 spiro atoms. The lowest BCUT2D eigenvalue weighted by Crippen LogP contribution is -2.37. The number of aromatic nitrogens is 2. The number of amides is 1. The molecular formula is C15H21N3O. The average molecular weight is 259 g/mol. The Labute approximate surface area is 114 Å². The first-order chi connectivity index (χ1) is 9.29. The predicted octanol–water partition coefficient (Wildman–Crippen LogP) is 2.11. The molecule has 0 aromatic carbocycles. The Hall–Kier alpha value is -1.58. The molecule has 4 nitrogen and oxygen atoms in total. The normalized spacial score (nSPS) is 20.1. The van der Waals surface area contributed by atoms with Gasteiger partial charge in [-0.05, 0) is 38.2 Å². The summed E-state index contributed by atoms with van der Waals surface area (Å²) in [5.41, 5.74) is 1.39. The van der Waals surface area contributed by atoms with E-state index >= 15 is 0 Å². The molecule has 2 aliphatic heterocycles. The first-order valence-electron chi connectivity index (χ1n) is 7.25. The Kier molecular flexibility index (Phi) is 3.40. The molecule has 1 fully saturated rings. The van der Waals surface area contributed by atoms with E-state index in [1.165, 1.54) is 36.9 Å². The van der Waals surface area contributed by atoms with Crippen LogP contribution in [0.1, 0.15) is 43.1 Å². The molecule has 3 heterocycles. The van der Waals surface area contributed by atoms with Gasteiger partial charge in [0.05, 0.1) is 0 Å². The van der Waals surface area contributed by atoms with Crippen LogP contribution >= 0.6 is 0 Å². The number of fused-ring (bicyclic) bond motifs is 1. The van der Waals surface area contributed by atoms with Crippen molar-refractivity contribution in [3.8, 4) is 0 Å². The van der Waals surface area contributed by atoms with E-state index in [1.54, 1.807) is 0 Å². The number of hydrogen-bond donors (Lipinski definition) is 0. The van der Waals surface area contributed by atoms with E-state index < -0.39 is 0 Å². The second kappa shape index (κ2) is 5.19. The summed E-state index contributed by atoms with van der Waals surface area (Å²) in [6.07, 6.45) is 9.24. The van der Waals surface area contributed by atoms with Crippen LogP contribution in [-0.2, 0) is 17.8 Å². The molecule has 0 N–H and O–H groups in total. The highest BCUT2D eigenvalue weighted by Crippen LogP contribution is 2.29. The molecule has 19 heavy (non-hydrogen) atoms. The number of imidazole rings is 1. The molecule has 2 aliphatic rings. The van der Waals surface area contributed by atoms with Gasteiger partial charge in [-0.3, -0.25) is 4.79 Å². The first kappa shape index (κ1) is 12.5. The minimum absolute atomic E-state index is 0.0589. The SMILES string of the molecule is C=CC(=O)N1CCC(c2ncc3n2CCCC3)CC1. The number of carbonyl (C=O) groups excluding carboxylic acids is 1. The minimum Gasteiger partial charge on any atom is -0.339 e. The summed E-state index contributed by atoms with van der Waals surface area (Å²) in [4.78, 5) is 18.1. The molecule has 3 rings (SSSR count). The van der Waals surface area contributed by atoms with E-state index in [2.05, 4.69) is 22.3 Å². The van der Waals surface area contributed by atoms with Gasteiger partial charge in [-0.1, -0.05) is 6.58 Å². The molecule has 0 radical (unpaired) electrons. The lowest BCUT2D eigenvalue weighted by molar-refractivity contribution is -0.127. The van der Waals surface area contributed by atoms with E-state index in [9.17, 15) is 4.79 Å². The number of carbonyl (C=O) groups is 1. The molecule has 0 saturated carbocycles. The van der Waals surface area contributed by atoms with E-state index in [-0.39, 0.29) is 5.91 Å². The minimum atomic E-state index is 0.0589. The fourth-order valence-electron chi connectivity index (χ4n) is 3.27. The van der Waals surface area contributed by atoms with Gasteiger partial charge in [0.15, 0.2) is 0 Å². The van der Waals surface area contributed by atoms with Gasteiger partial charge in [0.1, 0.15) is 5.82 Å². The van der Waals surface area contributed by atoms with Crippen molar-refractivity contribution in [2.24, 2.45) is 0 Å². The molecule has 1 aromatic heterocycles. The van der Waals surface area contributed by atoms with Gasteiger partial charge in [0.25, 0.3) is 0 Å². The molecule has 4 heteroatoms. The molecule has 1 amide bonds. The van der Waals surface area contributed by atoms with Gasteiger partial charge < -0.3 is 9.47 Å². The van der Waals surface area contributed by atoms with Crippen LogP contribution in [0.15, 0.2) is 18.9 Å². The monoisotopic (exact) mass is 259 g/mol. The molecule has 0 bridgehead atoms. The lowest BCUT2D eigenvalue weighted by atomic mass is 9.95. The maximum absolute atomic E-state index is 11.6. The number of piperidine rings is 1. The van der Waals surface area contributed by atoms with Crippen LogP contribution in [0.3, 0.4) is 0 Å². The second-order valence-electron chi connectivity index (χ2n) is 5.52. The van der Waals surface area contributed by atoms with Crippen molar-refractivity contribution >= 4 is 5.91 Å². The summed E-state index contributed by atoms with van der Waals surface area (Å²) in [7, 11) is 0. The highest BCUT2D eigenvalue weighted by Gasteiger charge is 2.27. The molecule has 0 unspecified atom stereocenters. The van der Waals surface area contributed by atoms with Gasteiger partial charge in [0, 0.05) is 37.4 Å². The average Bonchev–Trinajstić information content (AvgIpc) is 2.90. The van der Waals surface area contributed by atoms with Crippen LogP contribution in [0.5, 0.6) is 0 Å². The quantitative estimate of drug-likeness (QED) is 0.763.